The van der Waals surface area contributed by atoms with Crippen molar-refractivity contribution < 1.29 is 14.3 Å². The number of hydrogen-bond acceptors (Lipinski definition) is 7. The van der Waals surface area contributed by atoms with Gasteiger partial charge in [-0.3, -0.25) is 9.59 Å². The van der Waals surface area contributed by atoms with Crippen LogP contribution in [0.25, 0.3) is 0 Å². The molecule has 1 fully saturated rings. The smallest absolute Gasteiger partial charge is 0.311 e. The maximum absolute atomic E-state index is 11.9. The van der Waals surface area contributed by atoms with E-state index in [1.807, 2.05) is 11.8 Å². The zero-order valence-corrected chi connectivity index (χ0v) is 14.7. The van der Waals surface area contributed by atoms with Gasteiger partial charge in [0.15, 0.2) is 5.13 Å². The molecule has 0 aliphatic carbocycles. The number of aromatic nitrogens is 1. The third-order valence-corrected chi connectivity index (χ3v) is 4.80. The molecule has 2 rings (SSSR count). The molecule has 1 atom stereocenters. The van der Waals surface area contributed by atoms with Crippen LogP contribution in [0.4, 0.5) is 5.13 Å². The maximum atomic E-state index is 11.9. The second kappa shape index (κ2) is 10.0. The molecule has 2 N–H and O–H groups in total. The SMILES string of the molecule is CCOC(=O)Cc1csc(NC(=O)CC2CSCCN2)n1.Cl. The quantitative estimate of drug-likeness (QED) is 0.747. The van der Waals surface area contributed by atoms with E-state index in [9.17, 15) is 9.59 Å². The van der Waals surface area contributed by atoms with E-state index in [1.54, 1.807) is 12.3 Å². The number of anilines is 1. The van der Waals surface area contributed by atoms with Gasteiger partial charge in [-0.1, -0.05) is 0 Å². The van der Waals surface area contributed by atoms with Crippen molar-refractivity contribution in [2.75, 3.05) is 30.0 Å². The van der Waals surface area contributed by atoms with Crippen LogP contribution in [-0.4, -0.2) is 47.6 Å². The Morgan fingerprint density at radius 1 is 1.55 bits per heavy atom. The van der Waals surface area contributed by atoms with Gasteiger partial charge in [0.25, 0.3) is 0 Å². The number of nitrogens with one attached hydrogen (secondary N) is 2. The summed E-state index contributed by atoms with van der Waals surface area (Å²) in [4.78, 5) is 27.5. The Kier molecular flexibility index (Phi) is 8.77. The number of ether oxygens (including phenoxy) is 1. The topological polar surface area (TPSA) is 80.3 Å². The highest BCUT2D eigenvalue weighted by molar-refractivity contribution is 7.99. The third kappa shape index (κ3) is 6.51. The lowest BCUT2D eigenvalue weighted by molar-refractivity contribution is -0.142. The van der Waals surface area contributed by atoms with Crippen LogP contribution in [0.15, 0.2) is 5.38 Å². The molecule has 9 heteroatoms. The Balaban J connectivity index is 0.00000242. The highest BCUT2D eigenvalue weighted by atomic mass is 35.5. The van der Waals surface area contributed by atoms with Crippen molar-refractivity contribution in [3.8, 4) is 0 Å². The van der Waals surface area contributed by atoms with Crippen LogP contribution in [0, 0.1) is 0 Å². The lowest BCUT2D eigenvalue weighted by Gasteiger charge is -2.22. The van der Waals surface area contributed by atoms with Crippen LogP contribution in [0.1, 0.15) is 19.0 Å². The van der Waals surface area contributed by atoms with Gasteiger partial charge in [-0.15, -0.1) is 23.7 Å². The minimum atomic E-state index is -0.302. The molecule has 1 aliphatic rings. The van der Waals surface area contributed by atoms with Crippen LogP contribution in [0.3, 0.4) is 0 Å². The van der Waals surface area contributed by atoms with E-state index in [-0.39, 0.29) is 36.7 Å². The van der Waals surface area contributed by atoms with Gasteiger partial charge >= 0.3 is 5.97 Å². The molecule has 22 heavy (non-hydrogen) atoms. The highest BCUT2D eigenvalue weighted by Crippen LogP contribution is 2.17. The standard InChI is InChI=1S/C13H19N3O3S2.ClH/c1-2-19-12(18)6-10-8-21-13(15-10)16-11(17)5-9-7-20-4-3-14-9;/h8-9,14H,2-7H2,1H3,(H,15,16,17);1H. The van der Waals surface area contributed by atoms with E-state index in [4.69, 9.17) is 4.74 Å². The first kappa shape index (κ1) is 19.2. The molecule has 0 radical (unpaired) electrons. The fourth-order valence-corrected chi connectivity index (χ4v) is 3.63. The third-order valence-electron chi connectivity index (χ3n) is 2.86. The number of carbonyl (C=O) groups is 2. The summed E-state index contributed by atoms with van der Waals surface area (Å²) < 4.78 is 4.86. The van der Waals surface area contributed by atoms with Crippen molar-refractivity contribution >= 4 is 52.5 Å². The second-order valence-corrected chi connectivity index (χ2v) is 6.61. The summed E-state index contributed by atoms with van der Waals surface area (Å²) in [5.74, 6) is 1.71. The summed E-state index contributed by atoms with van der Waals surface area (Å²) in [5.41, 5.74) is 0.625. The Labute approximate surface area is 144 Å². The van der Waals surface area contributed by atoms with Crippen LogP contribution < -0.4 is 10.6 Å². The second-order valence-electron chi connectivity index (χ2n) is 4.60. The van der Waals surface area contributed by atoms with Crippen molar-refractivity contribution in [1.82, 2.24) is 10.3 Å². The number of thioether (sulfide) groups is 1. The molecular weight excluding hydrogens is 346 g/mol. The molecule has 1 amide bonds. The Morgan fingerprint density at radius 2 is 2.36 bits per heavy atom. The normalized spacial score (nSPS) is 17.4. The highest BCUT2D eigenvalue weighted by Gasteiger charge is 2.17. The summed E-state index contributed by atoms with van der Waals surface area (Å²) in [6.45, 7) is 3.07. The van der Waals surface area contributed by atoms with Gasteiger partial charge in [-0.2, -0.15) is 11.8 Å². The van der Waals surface area contributed by atoms with E-state index in [0.29, 0.717) is 23.9 Å². The molecule has 1 saturated heterocycles. The van der Waals surface area contributed by atoms with Crippen molar-refractivity contribution in [2.24, 2.45) is 0 Å². The Morgan fingerprint density at radius 3 is 3.05 bits per heavy atom. The van der Waals surface area contributed by atoms with Gasteiger partial charge < -0.3 is 15.4 Å². The number of hydrogen-bond donors (Lipinski definition) is 2. The van der Waals surface area contributed by atoms with E-state index in [1.165, 1.54) is 11.3 Å². The lowest BCUT2D eigenvalue weighted by atomic mass is 10.2. The number of rotatable bonds is 6. The fraction of sp³-hybridized carbons (Fsp3) is 0.615. The molecule has 2 heterocycles. The summed E-state index contributed by atoms with van der Waals surface area (Å²) in [6.07, 6.45) is 0.584. The number of nitrogens with zero attached hydrogens (tertiary/aromatic N) is 1. The van der Waals surface area contributed by atoms with Gasteiger partial charge in [-0.25, -0.2) is 4.98 Å². The predicted octanol–water partition coefficient (Wildman–Crippen LogP) is 1.70. The number of amides is 1. The molecular formula is C13H20ClN3O3S2. The average molecular weight is 366 g/mol. The van der Waals surface area contributed by atoms with Gasteiger partial charge in [0.05, 0.1) is 18.7 Å². The molecule has 1 aromatic heterocycles. The molecule has 0 spiro atoms. The molecule has 1 unspecified atom stereocenters. The van der Waals surface area contributed by atoms with Crippen LogP contribution >= 0.6 is 35.5 Å². The lowest BCUT2D eigenvalue weighted by Crippen LogP contribution is -2.39. The minimum absolute atomic E-state index is 0. The molecule has 0 aromatic carbocycles. The van der Waals surface area contributed by atoms with Gasteiger partial charge in [0.2, 0.25) is 5.91 Å². The van der Waals surface area contributed by atoms with Crippen molar-refractivity contribution in [1.29, 1.82) is 0 Å². The van der Waals surface area contributed by atoms with Gasteiger partial charge in [0, 0.05) is 35.9 Å². The number of esters is 1. The first-order valence-corrected chi connectivity index (χ1v) is 8.91. The molecule has 0 saturated carbocycles. The minimum Gasteiger partial charge on any atom is -0.466 e. The van der Waals surface area contributed by atoms with E-state index in [2.05, 4.69) is 15.6 Å². The molecule has 0 bridgehead atoms. The van der Waals surface area contributed by atoms with Crippen LogP contribution in [0.2, 0.25) is 0 Å². The van der Waals surface area contributed by atoms with E-state index in [0.717, 1.165) is 18.1 Å². The largest absolute Gasteiger partial charge is 0.466 e. The number of thiazole rings is 1. The summed E-state index contributed by atoms with van der Waals surface area (Å²) in [7, 11) is 0. The Bertz CT molecular complexity index is 493. The van der Waals surface area contributed by atoms with Crippen molar-refractivity contribution in [3.05, 3.63) is 11.1 Å². The fourth-order valence-electron chi connectivity index (χ4n) is 1.95. The summed E-state index contributed by atoms with van der Waals surface area (Å²) in [6, 6.07) is 0.225. The number of carbonyl (C=O) groups excluding carboxylic acids is 2. The van der Waals surface area contributed by atoms with Crippen molar-refractivity contribution in [2.45, 2.75) is 25.8 Å². The molecule has 124 valence electrons. The van der Waals surface area contributed by atoms with Crippen LogP contribution in [-0.2, 0) is 20.7 Å². The molecule has 6 nitrogen and oxygen atoms in total. The number of halogens is 1. The first-order chi connectivity index (χ1) is 10.2. The zero-order chi connectivity index (χ0) is 15.1. The first-order valence-electron chi connectivity index (χ1n) is 6.88. The summed E-state index contributed by atoms with van der Waals surface area (Å²) >= 11 is 3.18. The van der Waals surface area contributed by atoms with Crippen LogP contribution in [0.5, 0.6) is 0 Å². The predicted molar refractivity (Wildman–Crippen MR) is 92.1 cm³/mol. The molecule has 1 aliphatic heterocycles. The van der Waals surface area contributed by atoms with Crippen molar-refractivity contribution in [3.63, 3.8) is 0 Å². The monoisotopic (exact) mass is 365 g/mol. The Hall–Kier alpha value is -0.830. The van der Waals surface area contributed by atoms with Gasteiger partial charge in [-0.05, 0) is 6.92 Å². The molecule has 1 aromatic rings. The van der Waals surface area contributed by atoms with E-state index >= 15 is 0 Å². The maximum Gasteiger partial charge on any atom is 0.311 e. The zero-order valence-electron chi connectivity index (χ0n) is 12.3. The van der Waals surface area contributed by atoms with E-state index < -0.39 is 0 Å². The van der Waals surface area contributed by atoms with Gasteiger partial charge in [0.1, 0.15) is 0 Å². The average Bonchev–Trinajstić information content (AvgIpc) is 2.87. The summed E-state index contributed by atoms with van der Waals surface area (Å²) in [5, 5.41) is 8.40.